The zero-order valence-electron chi connectivity index (χ0n) is 12.4. The van der Waals surface area contributed by atoms with Crippen LogP contribution in [0.5, 0.6) is 0 Å². The molecule has 0 aliphatic carbocycles. The molecular weight excluding hydrogens is 313 g/mol. The first kappa shape index (κ1) is 15.7. The topological polar surface area (TPSA) is 71.2 Å². The maximum Gasteiger partial charge on any atom is 0.470 e. The highest BCUT2D eigenvalue weighted by molar-refractivity contribution is 5.30. The summed E-state index contributed by atoms with van der Waals surface area (Å²) in [7, 11) is 0. The van der Waals surface area contributed by atoms with Crippen molar-refractivity contribution in [1.82, 2.24) is 25.1 Å². The number of hydrogen-bond acceptors (Lipinski definition) is 7. The molecule has 0 bridgehead atoms. The standard InChI is InChI=1S/C13H15F3N6O/c1-9-2-3-17-12(18-9)22-6-4-21(5-7-22)8-10-19-20-11(23-10)13(14,15)16/h2-3H,4-8H2,1H3. The molecule has 7 nitrogen and oxygen atoms in total. The maximum absolute atomic E-state index is 12.4. The van der Waals surface area contributed by atoms with Crippen molar-refractivity contribution < 1.29 is 17.6 Å². The summed E-state index contributed by atoms with van der Waals surface area (Å²) in [5, 5.41) is 6.48. The Bertz CT molecular complexity index is 666. The lowest BCUT2D eigenvalue weighted by Crippen LogP contribution is -2.46. The van der Waals surface area contributed by atoms with Crippen LogP contribution in [-0.4, -0.2) is 51.2 Å². The van der Waals surface area contributed by atoms with Crippen LogP contribution in [0.1, 0.15) is 17.5 Å². The largest absolute Gasteiger partial charge is 0.470 e. The van der Waals surface area contributed by atoms with Crippen molar-refractivity contribution in [2.24, 2.45) is 0 Å². The van der Waals surface area contributed by atoms with E-state index in [4.69, 9.17) is 0 Å². The van der Waals surface area contributed by atoms with Crippen molar-refractivity contribution in [2.45, 2.75) is 19.6 Å². The molecule has 3 rings (SSSR count). The van der Waals surface area contributed by atoms with Crippen LogP contribution in [0.25, 0.3) is 0 Å². The number of piperazine rings is 1. The fourth-order valence-electron chi connectivity index (χ4n) is 2.32. The van der Waals surface area contributed by atoms with E-state index in [-0.39, 0.29) is 12.4 Å². The molecule has 2 aromatic heterocycles. The SMILES string of the molecule is Cc1ccnc(N2CCN(Cc3nnc(C(F)(F)F)o3)CC2)n1. The molecule has 0 saturated carbocycles. The number of halogens is 3. The number of hydrogen-bond donors (Lipinski definition) is 0. The van der Waals surface area contributed by atoms with Crippen molar-refractivity contribution >= 4 is 5.95 Å². The first-order chi connectivity index (χ1) is 10.9. The molecule has 23 heavy (non-hydrogen) atoms. The lowest BCUT2D eigenvalue weighted by Gasteiger charge is -2.33. The summed E-state index contributed by atoms with van der Waals surface area (Å²) in [4.78, 5) is 12.6. The fraction of sp³-hybridized carbons (Fsp3) is 0.538. The molecule has 1 aliphatic heterocycles. The summed E-state index contributed by atoms with van der Waals surface area (Å²) >= 11 is 0. The average Bonchev–Trinajstić information content (AvgIpc) is 2.97. The molecule has 0 unspecified atom stereocenters. The van der Waals surface area contributed by atoms with Gasteiger partial charge in [0.2, 0.25) is 11.8 Å². The van der Waals surface area contributed by atoms with E-state index in [2.05, 4.69) is 24.6 Å². The molecule has 0 aromatic carbocycles. The van der Waals surface area contributed by atoms with Gasteiger partial charge in [-0.15, -0.1) is 10.2 Å². The summed E-state index contributed by atoms with van der Waals surface area (Å²) in [5.41, 5.74) is 0.892. The molecule has 0 radical (unpaired) electrons. The molecule has 0 atom stereocenters. The molecule has 0 N–H and O–H groups in total. The monoisotopic (exact) mass is 328 g/mol. The van der Waals surface area contributed by atoms with Crippen LogP contribution in [0, 0.1) is 6.92 Å². The second-order valence-electron chi connectivity index (χ2n) is 5.26. The third kappa shape index (κ3) is 3.76. The Kier molecular flexibility index (Phi) is 4.16. The molecule has 124 valence electrons. The summed E-state index contributed by atoms with van der Waals surface area (Å²) < 4.78 is 41.9. The van der Waals surface area contributed by atoms with Gasteiger partial charge < -0.3 is 9.32 Å². The van der Waals surface area contributed by atoms with Crippen LogP contribution in [0.4, 0.5) is 19.1 Å². The van der Waals surface area contributed by atoms with Crippen molar-refractivity contribution in [3.8, 4) is 0 Å². The van der Waals surface area contributed by atoms with Crippen molar-refractivity contribution in [3.63, 3.8) is 0 Å². The van der Waals surface area contributed by atoms with E-state index in [0.29, 0.717) is 32.1 Å². The van der Waals surface area contributed by atoms with E-state index < -0.39 is 12.1 Å². The fourth-order valence-corrected chi connectivity index (χ4v) is 2.32. The van der Waals surface area contributed by atoms with E-state index in [9.17, 15) is 13.2 Å². The maximum atomic E-state index is 12.4. The molecule has 1 saturated heterocycles. The summed E-state index contributed by atoms with van der Waals surface area (Å²) in [6.45, 7) is 4.77. The van der Waals surface area contributed by atoms with Gasteiger partial charge in [-0.05, 0) is 13.0 Å². The van der Waals surface area contributed by atoms with Crippen LogP contribution in [0.2, 0.25) is 0 Å². The molecule has 1 fully saturated rings. The van der Waals surface area contributed by atoms with Gasteiger partial charge in [-0.1, -0.05) is 0 Å². The average molecular weight is 328 g/mol. The predicted molar refractivity (Wildman–Crippen MR) is 73.6 cm³/mol. The highest BCUT2D eigenvalue weighted by Gasteiger charge is 2.38. The lowest BCUT2D eigenvalue weighted by atomic mass is 10.3. The number of aromatic nitrogens is 4. The number of rotatable bonds is 3. The minimum Gasteiger partial charge on any atom is -0.416 e. The third-order valence-corrected chi connectivity index (χ3v) is 3.51. The summed E-state index contributed by atoms with van der Waals surface area (Å²) in [6, 6.07) is 1.83. The lowest BCUT2D eigenvalue weighted by molar-refractivity contribution is -0.157. The smallest absolute Gasteiger partial charge is 0.416 e. The van der Waals surface area contributed by atoms with Gasteiger partial charge in [-0.3, -0.25) is 4.90 Å². The molecule has 10 heteroatoms. The van der Waals surface area contributed by atoms with Gasteiger partial charge in [0.05, 0.1) is 6.54 Å². The minimum absolute atomic E-state index is 0.0300. The van der Waals surface area contributed by atoms with Gasteiger partial charge in [0.25, 0.3) is 0 Å². The van der Waals surface area contributed by atoms with Gasteiger partial charge in [-0.25, -0.2) is 9.97 Å². The van der Waals surface area contributed by atoms with Crippen molar-refractivity contribution in [1.29, 1.82) is 0 Å². The summed E-state index contributed by atoms with van der Waals surface area (Å²) in [5.74, 6) is -0.668. The first-order valence-electron chi connectivity index (χ1n) is 7.08. The van der Waals surface area contributed by atoms with E-state index in [1.165, 1.54) is 0 Å². The van der Waals surface area contributed by atoms with Gasteiger partial charge in [-0.2, -0.15) is 13.2 Å². The molecule has 0 spiro atoms. The van der Waals surface area contributed by atoms with Gasteiger partial charge in [0, 0.05) is 38.1 Å². The Hall–Kier alpha value is -2.23. The normalized spacial score (nSPS) is 16.8. The van der Waals surface area contributed by atoms with Crippen LogP contribution >= 0.6 is 0 Å². The zero-order chi connectivity index (χ0) is 16.4. The number of alkyl halides is 3. The Morgan fingerprint density at radius 3 is 2.52 bits per heavy atom. The Morgan fingerprint density at radius 1 is 1.17 bits per heavy atom. The molecule has 0 amide bonds. The van der Waals surface area contributed by atoms with E-state index >= 15 is 0 Å². The van der Waals surface area contributed by atoms with Crippen molar-refractivity contribution in [2.75, 3.05) is 31.1 Å². The number of anilines is 1. The van der Waals surface area contributed by atoms with Crippen LogP contribution in [0.15, 0.2) is 16.7 Å². The molecular formula is C13H15F3N6O. The zero-order valence-corrected chi connectivity index (χ0v) is 12.4. The van der Waals surface area contributed by atoms with Crippen LogP contribution in [0.3, 0.4) is 0 Å². The van der Waals surface area contributed by atoms with Crippen LogP contribution < -0.4 is 4.90 Å². The number of aryl methyl sites for hydroxylation is 1. The van der Waals surface area contributed by atoms with Gasteiger partial charge in [0.1, 0.15) is 0 Å². The number of nitrogens with zero attached hydrogens (tertiary/aromatic N) is 6. The second-order valence-corrected chi connectivity index (χ2v) is 5.26. The quantitative estimate of drug-likeness (QED) is 0.846. The Morgan fingerprint density at radius 2 is 1.91 bits per heavy atom. The van der Waals surface area contributed by atoms with Gasteiger partial charge in [0.15, 0.2) is 0 Å². The minimum atomic E-state index is -4.60. The second kappa shape index (κ2) is 6.11. The molecule has 3 heterocycles. The highest BCUT2D eigenvalue weighted by Crippen LogP contribution is 2.28. The first-order valence-corrected chi connectivity index (χ1v) is 7.08. The summed E-state index contributed by atoms with van der Waals surface area (Å²) in [6.07, 6.45) is -2.90. The third-order valence-electron chi connectivity index (χ3n) is 3.51. The van der Waals surface area contributed by atoms with Crippen molar-refractivity contribution in [3.05, 3.63) is 29.7 Å². The molecule has 2 aromatic rings. The van der Waals surface area contributed by atoms with Gasteiger partial charge >= 0.3 is 12.1 Å². The Labute approximate surface area is 130 Å². The predicted octanol–water partition coefficient (Wildman–Crippen LogP) is 1.51. The van der Waals surface area contributed by atoms with E-state index in [1.807, 2.05) is 22.8 Å². The molecule has 1 aliphatic rings. The van der Waals surface area contributed by atoms with Crippen LogP contribution in [-0.2, 0) is 12.7 Å². The Balaban J connectivity index is 1.56. The highest BCUT2D eigenvalue weighted by atomic mass is 19.4. The van der Waals surface area contributed by atoms with E-state index in [1.54, 1.807) is 6.20 Å². The van der Waals surface area contributed by atoms with E-state index in [0.717, 1.165) is 5.69 Å².